The molecule has 5 nitrogen and oxygen atoms in total. The molecule has 1 aliphatic heterocycles. The molecule has 2 heterocycles. The van der Waals surface area contributed by atoms with Crippen molar-refractivity contribution < 1.29 is 9.59 Å². The molecule has 0 spiro atoms. The van der Waals surface area contributed by atoms with Crippen molar-refractivity contribution in [1.29, 1.82) is 0 Å². The number of rotatable bonds is 2. The first-order valence-corrected chi connectivity index (χ1v) is 6.11. The van der Waals surface area contributed by atoms with Crippen molar-refractivity contribution >= 4 is 11.8 Å². The van der Waals surface area contributed by atoms with Gasteiger partial charge in [-0.25, -0.2) is 0 Å². The number of hydrogen-bond donors (Lipinski definition) is 1. The maximum Gasteiger partial charge on any atom is 0.261 e. The number of benzene rings is 1. The molecule has 96 valence electrons. The molecule has 0 fully saturated rings. The lowest BCUT2D eigenvalue weighted by Gasteiger charge is -2.31. The Balaban J connectivity index is 2.00. The summed E-state index contributed by atoms with van der Waals surface area (Å²) in [6, 6.07) is 6.93. The Kier molecular flexibility index (Phi) is 2.67. The zero-order valence-corrected chi connectivity index (χ0v) is 10.5. The average Bonchev–Trinajstić information content (AvgIpc) is 2.92. The van der Waals surface area contributed by atoms with Crippen molar-refractivity contribution in [3.05, 3.63) is 53.3 Å². The minimum atomic E-state index is -0.313. The number of hydrogen-bond acceptors (Lipinski definition) is 3. The van der Waals surface area contributed by atoms with E-state index in [1.165, 1.54) is 4.90 Å². The summed E-state index contributed by atoms with van der Waals surface area (Å²) in [7, 11) is 0. The van der Waals surface area contributed by atoms with Crippen LogP contribution < -0.4 is 0 Å². The maximum atomic E-state index is 12.4. The molecule has 1 aliphatic rings. The van der Waals surface area contributed by atoms with Crippen LogP contribution in [0.3, 0.4) is 0 Å². The fraction of sp³-hybridized carbons (Fsp3) is 0.214. The van der Waals surface area contributed by atoms with Crippen LogP contribution in [0.25, 0.3) is 0 Å². The summed E-state index contributed by atoms with van der Waals surface area (Å²) in [6.07, 6.45) is 3.60. The number of nitrogens with zero attached hydrogens (tertiary/aromatic N) is 2. The van der Waals surface area contributed by atoms with Gasteiger partial charge in [0, 0.05) is 17.3 Å². The van der Waals surface area contributed by atoms with Crippen molar-refractivity contribution in [2.75, 3.05) is 0 Å². The molecule has 5 heteroatoms. The highest BCUT2D eigenvalue weighted by Crippen LogP contribution is 2.27. The van der Waals surface area contributed by atoms with Crippen LogP contribution in [0.5, 0.6) is 0 Å². The Morgan fingerprint density at radius 2 is 2.11 bits per heavy atom. The average molecular weight is 255 g/mol. The van der Waals surface area contributed by atoms with Crippen LogP contribution in [-0.4, -0.2) is 26.9 Å². The SMILES string of the molecule is CC(c1cn[nH]c1)N1C(=O)Cc2ccccc2C1=O. The second-order valence-corrected chi connectivity index (χ2v) is 4.61. The summed E-state index contributed by atoms with van der Waals surface area (Å²) in [5.41, 5.74) is 2.23. The summed E-state index contributed by atoms with van der Waals surface area (Å²) in [5, 5.41) is 6.56. The Morgan fingerprint density at radius 1 is 1.32 bits per heavy atom. The van der Waals surface area contributed by atoms with Gasteiger partial charge >= 0.3 is 0 Å². The Hall–Kier alpha value is -2.43. The summed E-state index contributed by atoms with van der Waals surface area (Å²) in [4.78, 5) is 25.9. The van der Waals surface area contributed by atoms with E-state index in [1.54, 1.807) is 18.5 Å². The van der Waals surface area contributed by atoms with E-state index in [4.69, 9.17) is 0 Å². The third-order valence-corrected chi connectivity index (χ3v) is 3.47. The number of carbonyl (C=O) groups excluding carboxylic acids is 2. The largest absolute Gasteiger partial charge is 0.285 e. The molecule has 0 saturated carbocycles. The molecule has 1 atom stereocenters. The number of nitrogens with one attached hydrogen (secondary N) is 1. The molecule has 0 aliphatic carbocycles. The zero-order chi connectivity index (χ0) is 13.4. The number of aromatic amines is 1. The quantitative estimate of drug-likeness (QED) is 0.830. The highest BCUT2D eigenvalue weighted by molar-refractivity contribution is 6.10. The fourth-order valence-electron chi connectivity index (χ4n) is 2.40. The number of H-pyrrole nitrogens is 1. The highest BCUT2D eigenvalue weighted by Gasteiger charge is 2.34. The third-order valence-electron chi connectivity index (χ3n) is 3.47. The fourth-order valence-corrected chi connectivity index (χ4v) is 2.40. The number of carbonyl (C=O) groups is 2. The second kappa shape index (κ2) is 4.35. The van der Waals surface area contributed by atoms with Crippen LogP contribution in [0.1, 0.15) is 34.5 Å². The first-order valence-electron chi connectivity index (χ1n) is 6.11. The van der Waals surface area contributed by atoms with Gasteiger partial charge in [-0.1, -0.05) is 18.2 Å². The molecule has 19 heavy (non-hydrogen) atoms. The molecular formula is C14H13N3O2. The van der Waals surface area contributed by atoms with E-state index in [0.29, 0.717) is 5.56 Å². The van der Waals surface area contributed by atoms with Gasteiger partial charge in [-0.05, 0) is 18.6 Å². The van der Waals surface area contributed by atoms with E-state index in [2.05, 4.69) is 10.2 Å². The monoisotopic (exact) mass is 255 g/mol. The van der Waals surface area contributed by atoms with Crippen molar-refractivity contribution in [3.8, 4) is 0 Å². The molecule has 1 aromatic carbocycles. The molecular weight excluding hydrogens is 242 g/mol. The predicted octanol–water partition coefficient (Wildman–Crippen LogP) is 1.70. The molecule has 3 rings (SSSR count). The van der Waals surface area contributed by atoms with Gasteiger partial charge in [-0.15, -0.1) is 0 Å². The lowest BCUT2D eigenvalue weighted by Crippen LogP contribution is -2.43. The van der Waals surface area contributed by atoms with Gasteiger partial charge in [0.15, 0.2) is 0 Å². The van der Waals surface area contributed by atoms with Crippen LogP contribution in [0.4, 0.5) is 0 Å². The molecule has 1 unspecified atom stereocenters. The first-order chi connectivity index (χ1) is 9.18. The first kappa shape index (κ1) is 11.6. The van der Waals surface area contributed by atoms with Gasteiger partial charge in [-0.3, -0.25) is 19.6 Å². The normalized spacial score (nSPS) is 16.4. The number of aromatic nitrogens is 2. The lowest BCUT2D eigenvalue weighted by atomic mass is 9.96. The van der Waals surface area contributed by atoms with Gasteiger partial charge in [0.05, 0.1) is 18.7 Å². The smallest absolute Gasteiger partial charge is 0.261 e. The van der Waals surface area contributed by atoms with E-state index in [-0.39, 0.29) is 24.3 Å². The Morgan fingerprint density at radius 3 is 2.84 bits per heavy atom. The minimum Gasteiger partial charge on any atom is -0.285 e. The van der Waals surface area contributed by atoms with Gasteiger partial charge < -0.3 is 0 Å². The van der Waals surface area contributed by atoms with Crippen LogP contribution in [0, 0.1) is 0 Å². The lowest BCUT2D eigenvalue weighted by molar-refractivity contribution is -0.130. The van der Waals surface area contributed by atoms with Crippen LogP contribution >= 0.6 is 0 Å². The van der Waals surface area contributed by atoms with Crippen molar-refractivity contribution in [1.82, 2.24) is 15.1 Å². The van der Waals surface area contributed by atoms with E-state index >= 15 is 0 Å². The number of fused-ring (bicyclic) bond motifs is 1. The second-order valence-electron chi connectivity index (χ2n) is 4.61. The van der Waals surface area contributed by atoms with E-state index in [9.17, 15) is 9.59 Å². The van der Waals surface area contributed by atoms with Crippen molar-refractivity contribution in [2.45, 2.75) is 19.4 Å². The molecule has 0 saturated heterocycles. The van der Waals surface area contributed by atoms with Gasteiger partial charge in [-0.2, -0.15) is 5.10 Å². The van der Waals surface area contributed by atoms with E-state index in [0.717, 1.165) is 11.1 Å². The maximum absolute atomic E-state index is 12.4. The number of amides is 2. The predicted molar refractivity (Wildman–Crippen MR) is 68.3 cm³/mol. The molecule has 2 amide bonds. The molecule has 0 bridgehead atoms. The van der Waals surface area contributed by atoms with Gasteiger partial charge in [0.1, 0.15) is 0 Å². The summed E-state index contributed by atoms with van der Waals surface area (Å²) in [6.45, 7) is 1.83. The van der Waals surface area contributed by atoms with Crippen LogP contribution in [0.2, 0.25) is 0 Å². The van der Waals surface area contributed by atoms with Crippen LogP contribution in [-0.2, 0) is 11.2 Å². The molecule has 1 N–H and O–H groups in total. The minimum absolute atomic E-state index is 0.169. The van der Waals surface area contributed by atoms with E-state index < -0.39 is 0 Å². The number of imide groups is 1. The van der Waals surface area contributed by atoms with Gasteiger partial charge in [0.2, 0.25) is 5.91 Å². The highest BCUT2D eigenvalue weighted by atomic mass is 16.2. The zero-order valence-electron chi connectivity index (χ0n) is 10.5. The topological polar surface area (TPSA) is 66.1 Å². The van der Waals surface area contributed by atoms with Crippen LogP contribution in [0.15, 0.2) is 36.7 Å². The summed E-state index contributed by atoms with van der Waals surface area (Å²) < 4.78 is 0. The van der Waals surface area contributed by atoms with Crippen molar-refractivity contribution in [2.24, 2.45) is 0 Å². The third kappa shape index (κ3) is 1.83. The molecule has 1 aromatic heterocycles. The Labute approximate surface area is 110 Å². The van der Waals surface area contributed by atoms with Crippen molar-refractivity contribution in [3.63, 3.8) is 0 Å². The summed E-state index contributed by atoms with van der Waals surface area (Å²) in [5.74, 6) is -0.405. The van der Waals surface area contributed by atoms with Gasteiger partial charge in [0.25, 0.3) is 5.91 Å². The Bertz CT molecular complexity index is 634. The standard InChI is InChI=1S/C14H13N3O2/c1-9(11-7-15-16-8-11)17-13(18)6-10-4-2-3-5-12(10)14(17)19/h2-5,7-9H,6H2,1H3,(H,15,16). The molecule has 2 aromatic rings. The summed E-state index contributed by atoms with van der Waals surface area (Å²) >= 11 is 0. The van der Waals surface area contributed by atoms with E-state index in [1.807, 2.05) is 25.1 Å². The molecule has 0 radical (unpaired) electrons.